The number of anilines is 4. The zero-order chi connectivity index (χ0) is 25.8. The highest BCUT2D eigenvalue weighted by molar-refractivity contribution is 5.97. The van der Waals surface area contributed by atoms with Crippen LogP contribution in [0.2, 0.25) is 0 Å². The molecule has 4 heterocycles. The second kappa shape index (κ2) is 10.7. The zero-order valence-electron chi connectivity index (χ0n) is 20.6. The lowest BCUT2D eigenvalue weighted by Crippen LogP contribution is -2.44. The van der Waals surface area contributed by atoms with Gasteiger partial charge >= 0.3 is 6.03 Å². The maximum absolute atomic E-state index is 12.6. The van der Waals surface area contributed by atoms with Gasteiger partial charge in [0.2, 0.25) is 0 Å². The number of hydrogen-bond donors (Lipinski definition) is 4. The van der Waals surface area contributed by atoms with Crippen molar-refractivity contribution in [1.29, 1.82) is 10.7 Å². The number of benzene rings is 1. The van der Waals surface area contributed by atoms with Gasteiger partial charge < -0.3 is 30.6 Å². The molecule has 5 rings (SSSR count). The van der Waals surface area contributed by atoms with E-state index in [0.29, 0.717) is 48.2 Å². The van der Waals surface area contributed by atoms with Crippen molar-refractivity contribution < 1.29 is 9.53 Å². The minimum atomic E-state index is -0.194. The van der Waals surface area contributed by atoms with Crippen LogP contribution in [-0.4, -0.2) is 71.2 Å². The molecule has 2 fully saturated rings. The third-order valence-corrected chi connectivity index (χ3v) is 6.69. The van der Waals surface area contributed by atoms with E-state index in [1.165, 1.54) is 6.21 Å². The lowest BCUT2D eigenvalue weighted by Gasteiger charge is -2.35. The third kappa shape index (κ3) is 5.10. The predicted octanol–water partition coefficient (Wildman–Crippen LogP) is 3.94. The molecule has 3 aromatic rings. The van der Waals surface area contributed by atoms with E-state index in [9.17, 15) is 10.1 Å². The van der Waals surface area contributed by atoms with Crippen LogP contribution in [0.25, 0.3) is 11.1 Å². The smallest absolute Gasteiger partial charge is 0.321 e. The number of pyridine rings is 1. The summed E-state index contributed by atoms with van der Waals surface area (Å²) in [4.78, 5) is 21.4. The lowest BCUT2D eigenvalue weighted by molar-refractivity contribution is 0.0985. The van der Waals surface area contributed by atoms with Gasteiger partial charge in [-0.2, -0.15) is 10.4 Å². The van der Waals surface area contributed by atoms with Crippen LogP contribution in [0.3, 0.4) is 0 Å². The van der Waals surface area contributed by atoms with Crippen molar-refractivity contribution in [3.8, 4) is 17.2 Å². The van der Waals surface area contributed by atoms with Crippen molar-refractivity contribution in [1.82, 2.24) is 20.1 Å². The van der Waals surface area contributed by atoms with Gasteiger partial charge in [-0.15, -0.1) is 0 Å². The first-order chi connectivity index (χ1) is 18.1. The van der Waals surface area contributed by atoms with Gasteiger partial charge in [-0.25, -0.2) is 9.78 Å². The van der Waals surface area contributed by atoms with Crippen molar-refractivity contribution in [2.75, 3.05) is 48.4 Å². The Bertz CT molecular complexity index is 1330. The molecule has 2 aliphatic rings. The van der Waals surface area contributed by atoms with Crippen LogP contribution < -0.4 is 15.5 Å². The summed E-state index contributed by atoms with van der Waals surface area (Å²) in [5, 5.41) is 31.1. The fourth-order valence-electron chi connectivity index (χ4n) is 4.72. The number of rotatable bonds is 6. The normalized spacial score (nSPS) is 17.4. The maximum atomic E-state index is 12.6. The molecule has 0 radical (unpaired) electrons. The average molecular weight is 500 g/mol. The second-order valence-corrected chi connectivity index (χ2v) is 9.14. The number of amides is 2. The molecule has 0 aliphatic carbocycles. The molecular formula is C26H29N9O2. The van der Waals surface area contributed by atoms with E-state index in [1.54, 1.807) is 29.3 Å². The molecule has 1 aromatic carbocycles. The van der Waals surface area contributed by atoms with Crippen LogP contribution in [0.5, 0.6) is 0 Å². The van der Waals surface area contributed by atoms with Gasteiger partial charge in [0.15, 0.2) is 0 Å². The topological polar surface area (TPSA) is 146 Å². The van der Waals surface area contributed by atoms with Crippen molar-refractivity contribution in [3.05, 3.63) is 47.7 Å². The number of likely N-dealkylation sites (tertiary alicyclic amines) is 1. The van der Waals surface area contributed by atoms with Gasteiger partial charge in [-0.05, 0) is 49.1 Å². The molecule has 1 atom stereocenters. The average Bonchev–Trinajstić information content (AvgIpc) is 3.64. The molecule has 11 heteroatoms. The first-order valence-electron chi connectivity index (χ1n) is 12.3. The maximum Gasteiger partial charge on any atom is 0.321 e. The van der Waals surface area contributed by atoms with E-state index in [0.717, 1.165) is 42.9 Å². The molecule has 4 N–H and O–H groups in total. The number of ether oxygens (including phenoxy) is 1. The number of nitriles is 1. The van der Waals surface area contributed by atoms with Crippen LogP contribution in [0.4, 0.5) is 27.9 Å². The third-order valence-electron chi connectivity index (χ3n) is 6.69. The van der Waals surface area contributed by atoms with E-state index < -0.39 is 0 Å². The number of hydrogen-bond acceptors (Lipinski definition) is 8. The molecule has 0 spiro atoms. The molecule has 0 saturated carbocycles. The number of H-pyrrole nitrogens is 1. The van der Waals surface area contributed by atoms with Gasteiger partial charge in [-0.1, -0.05) is 6.07 Å². The summed E-state index contributed by atoms with van der Waals surface area (Å²) in [7, 11) is 0. The summed E-state index contributed by atoms with van der Waals surface area (Å²) in [5.41, 5.74) is 2.87. The largest absolute Gasteiger partial charge is 0.377 e. The number of aromatic amines is 1. The van der Waals surface area contributed by atoms with Gasteiger partial charge in [0, 0.05) is 37.5 Å². The van der Waals surface area contributed by atoms with E-state index in [1.807, 2.05) is 12.1 Å². The summed E-state index contributed by atoms with van der Waals surface area (Å²) in [5.74, 6) is 1.88. The number of nitrogens with zero attached hydrogens (tertiary/aromatic N) is 5. The van der Waals surface area contributed by atoms with Crippen LogP contribution in [-0.2, 0) is 4.74 Å². The van der Waals surface area contributed by atoms with Gasteiger partial charge in [-0.3, -0.25) is 5.10 Å². The lowest BCUT2D eigenvalue weighted by atomic mass is 9.98. The monoisotopic (exact) mass is 499 g/mol. The summed E-state index contributed by atoms with van der Waals surface area (Å²) >= 11 is 0. The Morgan fingerprint density at radius 3 is 2.81 bits per heavy atom. The molecule has 2 aliphatic heterocycles. The van der Waals surface area contributed by atoms with Crippen molar-refractivity contribution in [2.24, 2.45) is 0 Å². The molecule has 0 bridgehead atoms. The zero-order valence-corrected chi connectivity index (χ0v) is 20.6. The highest BCUT2D eigenvalue weighted by Gasteiger charge is 2.24. The van der Waals surface area contributed by atoms with E-state index in [2.05, 4.69) is 38.7 Å². The summed E-state index contributed by atoms with van der Waals surface area (Å²) in [6.45, 7) is 5.41. The highest BCUT2D eigenvalue weighted by Crippen LogP contribution is 2.35. The van der Waals surface area contributed by atoms with Crippen molar-refractivity contribution in [3.63, 3.8) is 0 Å². The van der Waals surface area contributed by atoms with Crippen molar-refractivity contribution >= 4 is 35.4 Å². The number of carbonyl (C=O) groups is 1. The summed E-state index contributed by atoms with van der Waals surface area (Å²) < 4.78 is 5.61. The summed E-state index contributed by atoms with van der Waals surface area (Å²) in [6.07, 6.45) is 4.87. The van der Waals surface area contributed by atoms with Crippen LogP contribution >= 0.6 is 0 Å². The Balaban J connectivity index is 1.56. The fourth-order valence-corrected chi connectivity index (χ4v) is 4.72. The molecule has 190 valence electrons. The van der Waals surface area contributed by atoms with Gasteiger partial charge in [0.25, 0.3) is 0 Å². The Labute approximate surface area is 215 Å². The minimum absolute atomic E-state index is 0.123. The second-order valence-electron chi connectivity index (χ2n) is 9.14. The van der Waals surface area contributed by atoms with Crippen molar-refractivity contribution in [2.45, 2.75) is 25.8 Å². The number of aromatic nitrogens is 3. The van der Waals surface area contributed by atoms with Crippen LogP contribution in [0, 0.1) is 16.7 Å². The van der Waals surface area contributed by atoms with E-state index in [-0.39, 0.29) is 12.1 Å². The number of nitrogens with one attached hydrogen (secondary N) is 4. The molecule has 0 unspecified atom stereocenters. The van der Waals surface area contributed by atoms with Crippen LogP contribution in [0.15, 0.2) is 36.5 Å². The molecule has 2 saturated heterocycles. The molecular weight excluding hydrogens is 470 g/mol. The predicted molar refractivity (Wildman–Crippen MR) is 142 cm³/mol. The fraction of sp³-hybridized carbons (Fsp3) is 0.346. The Kier molecular flexibility index (Phi) is 7.00. The Morgan fingerprint density at radius 1 is 1.27 bits per heavy atom. The number of urea groups is 1. The molecule has 2 aromatic heterocycles. The van der Waals surface area contributed by atoms with Gasteiger partial charge in [0.1, 0.15) is 23.5 Å². The Morgan fingerprint density at radius 2 is 2.11 bits per heavy atom. The SMILES string of the molecule is C[C@@H]1COCCN1c1cc(-c2ccc(NC(=O)N3CCCC3)c(C#N)c2)c(C=N)c(Nc2ccn[nH]2)n1. The Hall–Kier alpha value is -4.43. The minimum Gasteiger partial charge on any atom is -0.377 e. The quantitative estimate of drug-likeness (QED) is 0.376. The first-order valence-corrected chi connectivity index (χ1v) is 12.3. The number of carbonyl (C=O) groups excluding carboxylic acids is 1. The molecule has 2 amide bonds. The standard InChI is InChI=1S/C26H29N9O2/c1-17-16-37-11-10-35(17)24-13-20(21(15-28)25(32-24)31-23-6-7-29-33-23)18-4-5-22(19(12-18)14-27)30-26(36)34-8-2-3-9-34/h4-7,12-13,15,17,28H,2-3,8-11,16H2,1H3,(H,30,36)(H2,29,31,32,33)/t17-/m1/s1. The van der Waals surface area contributed by atoms with E-state index >= 15 is 0 Å². The molecule has 11 nitrogen and oxygen atoms in total. The van der Waals surface area contributed by atoms with E-state index in [4.69, 9.17) is 15.1 Å². The number of morpholine rings is 1. The van der Waals surface area contributed by atoms with Gasteiger partial charge in [0.05, 0.1) is 36.7 Å². The summed E-state index contributed by atoms with van der Waals surface area (Å²) in [6, 6.07) is 11.2. The molecule has 37 heavy (non-hydrogen) atoms. The highest BCUT2D eigenvalue weighted by atomic mass is 16.5. The van der Waals surface area contributed by atoms with Crippen LogP contribution in [0.1, 0.15) is 30.9 Å². The first kappa shape index (κ1) is 24.3.